The first-order chi connectivity index (χ1) is 14.1. The Hall–Kier alpha value is -3.48. The molecule has 0 saturated heterocycles. The third-order valence-corrected chi connectivity index (χ3v) is 4.98. The zero-order valence-corrected chi connectivity index (χ0v) is 16.7. The summed E-state index contributed by atoms with van der Waals surface area (Å²) in [6.07, 6.45) is 5.45. The lowest BCUT2D eigenvalue weighted by atomic mass is 10.1. The van der Waals surface area contributed by atoms with Gasteiger partial charge in [-0.1, -0.05) is 43.6 Å². The van der Waals surface area contributed by atoms with Crippen molar-refractivity contribution in [2.75, 3.05) is 5.32 Å². The second kappa shape index (κ2) is 7.87. The summed E-state index contributed by atoms with van der Waals surface area (Å²) in [6.45, 7) is 6.16. The number of anilines is 1. The van der Waals surface area contributed by atoms with Crippen molar-refractivity contribution in [1.82, 2.24) is 19.5 Å². The highest BCUT2D eigenvalue weighted by molar-refractivity contribution is 6.04. The highest BCUT2D eigenvalue weighted by Crippen LogP contribution is 2.26. The smallest absolute Gasteiger partial charge is 0.274 e. The summed E-state index contributed by atoms with van der Waals surface area (Å²) in [5, 5.41) is 7.10. The quantitative estimate of drug-likeness (QED) is 0.509. The van der Waals surface area contributed by atoms with Crippen LogP contribution in [0.2, 0.25) is 0 Å². The van der Waals surface area contributed by atoms with E-state index in [1.807, 2.05) is 49.5 Å². The molecule has 0 saturated carbocycles. The summed E-state index contributed by atoms with van der Waals surface area (Å²) in [6, 6.07) is 11.3. The Balaban J connectivity index is 1.60. The minimum atomic E-state index is -0.227. The van der Waals surface area contributed by atoms with E-state index in [2.05, 4.69) is 34.3 Å². The number of carbonyl (C=O) groups is 1. The molecule has 3 aromatic heterocycles. The van der Waals surface area contributed by atoms with Gasteiger partial charge in [0.25, 0.3) is 5.91 Å². The highest BCUT2D eigenvalue weighted by Gasteiger charge is 2.17. The SMILES string of the molecule is CCCC(C)c1nc(-c2ccc(C)c(NC(=O)c3cnc4ccccn34)c2)no1. The molecule has 1 unspecified atom stereocenters. The lowest BCUT2D eigenvalue weighted by molar-refractivity contribution is 0.102. The first-order valence-corrected chi connectivity index (χ1v) is 9.75. The van der Waals surface area contributed by atoms with Gasteiger partial charge in [-0.05, 0) is 37.1 Å². The molecule has 0 aliphatic rings. The fourth-order valence-corrected chi connectivity index (χ4v) is 3.29. The number of pyridine rings is 1. The molecule has 0 fully saturated rings. The van der Waals surface area contributed by atoms with Crippen LogP contribution >= 0.6 is 0 Å². The first kappa shape index (κ1) is 18.9. The largest absolute Gasteiger partial charge is 0.339 e. The van der Waals surface area contributed by atoms with Gasteiger partial charge in [0.05, 0.1) is 6.20 Å². The molecule has 0 spiro atoms. The zero-order valence-electron chi connectivity index (χ0n) is 16.7. The zero-order chi connectivity index (χ0) is 20.4. The second-order valence-electron chi connectivity index (χ2n) is 7.20. The van der Waals surface area contributed by atoms with Gasteiger partial charge in [0.1, 0.15) is 11.3 Å². The molecule has 7 nitrogen and oxygen atoms in total. The lowest BCUT2D eigenvalue weighted by Gasteiger charge is -2.09. The maximum Gasteiger partial charge on any atom is 0.274 e. The van der Waals surface area contributed by atoms with E-state index >= 15 is 0 Å². The highest BCUT2D eigenvalue weighted by atomic mass is 16.5. The minimum absolute atomic E-state index is 0.223. The van der Waals surface area contributed by atoms with E-state index in [1.54, 1.807) is 10.6 Å². The number of hydrogen-bond donors (Lipinski definition) is 1. The van der Waals surface area contributed by atoms with Gasteiger partial charge in [-0.2, -0.15) is 4.98 Å². The molecule has 29 heavy (non-hydrogen) atoms. The average molecular weight is 389 g/mol. The van der Waals surface area contributed by atoms with E-state index in [-0.39, 0.29) is 11.8 Å². The van der Waals surface area contributed by atoms with Gasteiger partial charge in [-0.15, -0.1) is 0 Å². The molecular weight excluding hydrogens is 366 g/mol. The normalized spacial score (nSPS) is 12.2. The Bertz CT molecular complexity index is 1160. The van der Waals surface area contributed by atoms with Gasteiger partial charge in [0.2, 0.25) is 11.7 Å². The Morgan fingerprint density at radius 3 is 2.97 bits per heavy atom. The molecule has 1 atom stereocenters. The Kier molecular flexibility index (Phi) is 5.12. The number of amides is 1. The van der Waals surface area contributed by atoms with Gasteiger partial charge >= 0.3 is 0 Å². The van der Waals surface area contributed by atoms with Crippen LogP contribution in [-0.2, 0) is 0 Å². The molecule has 1 N–H and O–H groups in total. The maximum absolute atomic E-state index is 12.8. The number of hydrogen-bond acceptors (Lipinski definition) is 5. The fourth-order valence-electron chi connectivity index (χ4n) is 3.29. The van der Waals surface area contributed by atoms with Gasteiger partial charge in [0.15, 0.2) is 0 Å². The number of rotatable bonds is 6. The Morgan fingerprint density at radius 1 is 1.28 bits per heavy atom. The molecule has 0 aliphatic carbocycles. The van der Waals surface area contributed by atoms with E-state index in [4.69, 9.17) is 4.52 Å². The van der Waals surface area contributed by atoms with E-state index in [0.717, 1.165) is 29.6 Å². The maximum atomic E-state index is 12.8. The van der Waals surface area contributed by atoms with E-state index in [9.17, 15) is 4.79 Å². The van der Waals surface area contributed by atoms with Crippen LogP contribution in [0.3, 0.4) is 0 Å². The van der Waals surface area contributed by atoms with E-state index < -0.39 is 0 Å². The number of nitrogens with one attached hydrogen (secondary N) is 1. The van der Waals surface area contributed by atoms with Gasteiger partial charge in [0, 0.05) is 23.4 Å². The predicted octanol–water partition coefficient (Wildman–Crippen LogP) is 4.85. The number of aryl methyl sites for hydroxylation is 1. The van der Waals surface area contributed by atoms with Crippen LogP contribution in [0.15, 0.2) is 53.3 Å². The number of aromatic nitrogens is 4. The number of carbonyl (C=O) groups excluding carboxylic acids is 1. The van der Waals surface area contributed by atoms with Gasteiger partial charge in [-0.25, -0.2) is 4.98 Å². The average Bonchev–Trinajstić information content (AvgIpc) is 3.37. The van der Waals surface area contributed by atoms with Crippen LogP contribution in [0.25, 0.3) is 17.0 Å². The van der Waals surface area contributed by atoms with Crippen molar-refractivity contribution < 1.29 is 9.32 Å². The third-order valence-electron chi connectivity index (χ3n) is 4.98. The molecule has 0 radical (unpaired) electrons. The van der Waals surface area contributed by atoms with Crippen LogP contribution < -0.4 is 5.32 Å². The molecule has 148 valence electrons. The summed E-state index contributed by atoms with van der Waals surface area (Å²) in [7, 11) is 0. The summed E-state index contributed by atoms with van der Waals surface area (Å²) < 4.78 is 7.19. The van der Waals surface area contributed by atoms with Crippen LogP contribution in [0.5, 0.6) is 0 Å². The van der Waals surface area contributed by atoms with Gasteiger partial charge in [-0.3, -0.25) is 9.20 Å². The molecular formula is C22H23N5O2. The van der Waals surface area contributed by atoms with E-state index in [0.29, 0.717) is 23.1 Å². The van der Waals surface area contributed by atoms with Crippen LogP contribution in [0.1, 0.15) is 54.5 Å². The minimum Gasteiger partial charge on any atom is -0.339 e. The Morgan fingerprint density at radius 2 is 2.14 bits per heavy atom. The van der Waals surface area contributed by atoms with Crippen molar-refractivity contribution in [3.8, 4) is 11.4 Å². The second-order valence-corrected chi connectivity index (χ2v) is 7.20. The number of fused-ring (bicyclic) bond motifs is 1. The van der Waals surface area contributed by atoms with Crippen molar-refractivity contribution in [3.63, 3.8) is 0 Å². The molecule has 7 heteroatoms. The van der Waals surface area contributed by atoms with Gasteiger partial charge < -0.3 is 9.84 Å². The standard InChI is InChI=1S/C22H23N5O2/c1-4-7-15(3)22-25-20(26-29-22)16-10-9-14(2)17(12-16)24-21(28)18-13-23-19-8-5-6-11-27(18)19/h5-6,8-13,15H,4,7H2,1-3H3,(H,24,28). The number of nitrogens with zero attached hydrogens (tertiary/aromatic N) is 4. The van der Waals surface area contributed by atoms with Crippen molar-refractivity contribution >= 4 is 17.2 Å². The molecule has 0 bridgehead atoms. The predicted molar refractivity (Wildman–Crippen MR) is 111 cm³/mol. The van der Waals surface area contributed by atoms with E-state index in [1.165, 1.54) is 0 Å². The monoisotopic (exact) mass is 389 g/mol. The summed E-state index contributed by atoms with van der Waals surface area (Å²) >= 11 is 0. The third kappa shape index (κ3) is 3.76. The van der Waals surface area contributed by atoms with Crippen molar-refractivity contribution in [1.29, 1.82) is 0 Å². The number of benzene rings is 1. The van der Waals surface area contributed by atoms with Crippen molar-refractivity contribution in [2.24, 2.45) is 0 Å². The molecule has 1 aromatic carbocycles. The van der Waals surface area contributed by atoms with Crippen molar-refractivity contribution in [3.05, 3.63) is 65.9 Å². The molecule has 4 rings (SSSR count). The summed E-state index contributed by atoms with van der Waals surface area (Å²) in [5.41, 5.74) is 3.64. The fraction of sp³-hybridized carbons (Fsp3) is 0.273. The Labute approximate surface area is 168 Å². The molecule has 3 heterocycles. The molecule has 4 aromatic rings. The number of imidazole rings is 1. The van der Waals surface area contributed by atoms with Crippen LogP contribution in [0.4, 0.5) is 5.69 Å². The summed E-state index contributed by atoms with van der Waals surface area (Å²) in [4.78, 5) is 21.6. The molecule has 0 aliphatic heterocycles. The van der Waals surface area contributed by atoms with Crippen molar-refractivity contribution in [2.45, 2.75) is 39.5 Å². The lowest BCUT2D eigenvalue weighted by Crippen LogP contribution is -2.15. The van der Waals surface area contributed by atoms with Crippen LogP contribution in [-0.4, -0.2) is 25.4 Å². The first-order valence-electron chi connectivity index (χ1n) is 9.75. The molecule has 1 amide bonds. The topological polar surface area (TPSA) is 85.3 Å². The van der Waals surface area contributed by atoms with Crippen LogP contribution in [0, 0.1) is 6.92 Å². The summed E-state index contributed by atoms with van der Waals surface area (Å²) in [5.74, 6) is 1.15.